The van der Waals surface area contributed by atoms with Gasteiger partial charge in [0, 0.05) is 0 Å². The van der Waals surface area contributed by atoms with Crippen molar-refractivity contribution in [2.75, 3.05) is 0 Å². The fourth-order valence-electron chi connectivity index (χ4n) is 0.926. The van der Waals surface area contributed by atoms with Crippen molar-refractivity contribution in [3.8, 4) is 0 Å². The van der Waals surface area contributed by atoms with E-state index in [1.165, 1.54) is 21.3 Å². The fourth-order valence-corrected chi connectivity index (χ4v) is 5.21. The van der Waals surface area contributed by atoms with E-state index in [1.807, 2.05) is 0 Å². The van der Waals surface area contributed by atoms with E-state index in [4.69, 9.17) is 10.0 Å². The first-order chi connectivity index (χ1) is 5.04. The molecule has 0 aromatic carbocycles. The van der Waals surface area contributed by atoms with Gasteiger partial charge in [0.05, 0.1) is 0 Å². The van der Waals surface area contributed by atoms with E-state index in [0.717, 1.165) is 0 Å². The molecule has 0 amide bonds. The Morgan fingerprint density at radius 2 is 1.73 bits per heavy atom. The summed E-state index contributed by atoms with van der Waals surface area (Å²) >= 11 is -1.85. The van der Waals surface area contributed by atoms with Gasteiger partial charge in [-0.25, -0.2) is 0 Å². The van der Waals surface area contributed by atoms with Crippen LogP contribution in [0.1, 0.15) is 27.7 Å². The van der Waals surface area contributed by atoms with E-state index in [-0.39, 0.29) is 0 Å². The molecule has 0 saturated heterocycles. The zero-order valence-electron chi connectivity index (χ0n) is 8.08. The first-order valence-corrected chi connectivity index (χ1v) is 11.6. The van der Waals surface area contributed by atoms with Crippen LogP contribution >= 0.6 is 10.0 Å². The van der Waals surface area contributed by atoms with E-state index in [1.54, 1.807) is 0 Å². The average molecular weight is 235 g/mol. The molecule has 0 spiro atoms. The van der Waals surface area contributed by atoms with Crippen molar-refractivity contribution in [2.24, 2.45) is 0 Å². The third-order valence-electron chi connectivity index (χ3n) is 2.14. The molecule has 0 N–H and O–H groups in total. The molecule has 0 radical (unpaired) electrons. The topological polar surface area (TPSA) is 0 Å². The van der Waals surface area contributed by atoms with Gasteiger partial charge in [-0.15, -0.1) is 0 Å². The molecule has 0 heterocycles. The molecule has 0 aliphatic carbocycles. The van der Waals surface area contributed by atoms with Crippen LogP contribution in [0.5, 0.6) is 0 Å². The van der Waals surface area contributed by atoms with Gasteiger partial charge in [-0.05, 0) is 0 Å². The Hall–Kier alpha value is 0.573. The van der Waals surface area contributed by atoms with Gasteiger partial charge in [0.25, 0.3) is 0 Å². The Morgan fingerprint density at radius 3 is 2.00 bits per heavy atom. The van der Waals surface area contributed by atoms with Gasteiger partial charge in [0.15, 0.2) is 0 Å². The second-order valence-corrected chi connectivity index (χ2v) is 16.2. The molecule has 0 saturated carbocycles. The van der Waals surface area contributed by atoms with Crippen molar-refractivity contribution >= 4 is 22.3 Å². The van der Waals surface area contributed by atoms with Crippen LogP contribution < -0.4 is 0 Å². The summed E-state index contributed by atoms with van der Waals surface area (Å²) < 4.78 is 0. The summed E-state index contributed by atoms with van der Waals surface area (Å²) in [4.78, 5) is 0. The number of rotatable bonds is 4. The second-order valence-electron chi connectivity index (χ2n) is 3.34. The van der Waals surface area contributed by atoms with Crippen molar-refractivity contribution < 1.29 is 0 Å². The summed E-state index contributed by atoms with van der Waals surface area (Å²) in [5.74, 6) is 0. The van der Waals surface area contributed by atoms with Gasteiger partial charge < -0.3 is 0 Å². The van der Waals surface area contributed by atoms with Crippen LogP contribution in [0.15, 0.2) is 11.6 Å². The van der Waals surface area contributed by atoms with E-state index in [2.05, 4.69) is 33.8 Å². The Kier molecular flexibility index (Phi) is 5.53. The molecule has 0 fully saturated rings. The third kappa shape index (κ3) is 4.92. The van der Waals surface area contributed by atoms with Gasteiger partial charge in [0.1, 0.15) is 0 Å². The molecule has 2 heteroatoms. The summed E-state index contributed by atoms with van der Waals surface area (Å²) in [7, 11) is 6.50. The van der Waals surface area contributed by atoms with Gasteiger partial charge >= 0.3 is 77.5 Å². The van der Waals surface area contributed by atoms with E-state index in [9.17, 15) is 0 Å². The molecule has 0 bridgehead atoms. The molecule has 0 unspecified atom stereocenters. The van der Waals surface area contributed by atoms with Gasteiger partial charge in [-0.2, -0.15) is 0 Å². The van der Waals surface area contributed by atoms with Crippen LogP contribution in [0.4, 0.5) is 0 Å². The van der Waals surface area contributed by atoms with Crippen molar-refractivity contribution in [2.45, 2.75) is 43.5 Å². The molecule has 0 aliphatic heterocycles. The first-order valence-electron chi connectivity index (χ1n) is 4.36. The molecule has 0 aromatic rings. The average Bonchev–Trinajstić information content (AvgIpc) is 2.00. The molecule has 0 aromatic heterocycles. The van der Waals surface area contributed by atoms with Crippen molar-refractivity contribution in [1.82, 2.24) is 0 Å². The standard InChI is InChI=1S/C9H19ClGe/c1-5-11(10,6-2)8-7-9(3)4/h7H,5-6,8H2,1-4H3. The van der Waals surface area contributed by atoms with Crippen molar-refractivity contribution in [1.29, 1.82) is 0 Å². The number of hydrogen-bond acceptors (Lipinski definition) is 0. The normalized spacial score (nSPS) is 11.4. The number of hydrogen-bond donors (Lipinski definition) is 0. The SMILES string of the molecule is C[CH2][Ge]([Cl])([CH2]C)[CH2]C=C(C)C. The maximum absolute atomic E-state index is 6.50. The van der Waals surface area contributed by atoms with E-state index >= 15 is 0 Å². The zero-order chi connectivity index (χ0) is 8.91. The van der Waals surface area contributed by atoms with Crippen LogP contribution in [0.3, 0.4) is 0 Å². The molecular formula is C9H19ClGe. The van der Waals surface area contributed by atoms with Crippen molar-refractivity contribution in [3.05, 3.63) is 11.6 Å². The molecule has 0 nitrogen and oxygen atoms in total. The zero-order valence-corrected chi connectivity index (χ0v) is 10.9. The van der Waals surface area contributed by atoms with E-state index in [0.29, 0.717) is 0 Å². The molecule has 66 valence electrons. The van der Waals surface area contributed by atoms with Crippen LogP contribution in [-0.2, 0) is 0 Å². The fraction of sp³-hybridized carbons (Fsp3) is 0.778. The van der Waals surface area contributed by atoms with Gasteiger partial charge in [-0.1, -0.05) is 0 Å². The Bertz CT molecular complexity index is 132. The van der Waals surface area contributed by atoms with Crippen LogP contribution in [0.2, 0.25) is 15.8 Å². The molecular weight excluding hydrogens is 216 g/mol. The molecule has 11 heavy (non-hydrogen) atoms. The first kappa shape index (κ1) is 11.6. The Balaban J connectivity index is 3.98. The summed E-state index contributed by atoms with van der Waals surface area (Å²) in [6, 6.07) is 0. The second kappa shape index (κ2) is 5.26. The minimum atomic E-state index is -1.85. The predicted molar refractivity (Wildman–Crippen MR) is 56.8 cm³/mol. The third-order valence-corrected chi connectivity index (χ3v) is 13.0. The Morgan fingerprint density at radius 1 is 1.27 bits per heavy atom. The minimum absolute atomic E-state index is 1.19. The predicted octanol–water partition coefficient (Wildman–Crippen LogP) is 4.18. The van der Waals surface area contributed by atoms with Crippen LogP contribution in [-0.4, -0.2) is 12.3 Å². The summed E-state index contributed by atoms with van der Waals surface area (Å²) in [5.41, 5.74) is 1.41. The monoisotopic (exact) mass is 236 g/mol. The quantitative estimate of drug-likeness (QED) is 0.506. The Labute approximate surface area is 77.6 Å². The molecule has 0 aliphatic rings. The molecule has 0 rings (SSSR count). The summed E-state index contributed by atoms with van der Waals surface area (Å²) in [6.07, 6.45) is 2.31. The van der Waals surface area contributed by atoms with Crippen molar-refractivity contribution in [3.63, 3.8) is 0 Å². The summed E-state index contributed by atoms with van der Waals surface area (Å²) in [5, 5.41) is 3.67. The van der Waals surface area contributed by atoms with E-state index < -0.39 is 12.3 Å². The maximum atomic E-state index is 6.50. The van der Waals surface area contributed by atoms with Crippen LogP contribution in [0, 0.1) is 0 Å². The van der Waals surface area contributed by atoms with Crippen LogP contribution in [0.25, 0.3) is 0 Å². The molecule has 0 atom stereocenters. The number of allylic oxidation sites excluding steroid dienone is 2. The number of halogens is 1. The van der Waals surface area contributed by atoms with Gasteiger partial charge in [-0.3, -0.25) is 0 Å². The van der Waals surface area contributed by atoms with Gasteiger partial charge in [0.2, 0.25) is 0 Å². The summed E-state index contributed by atoms with van der Waals surface area (Å²) in [6.45, 7) is 8.75.